The molecule has 0 aliphatic rings. The first-order valence-corrected chi connectivity index (χ1v) is 9.36. The Hall–Kier alpha value is -3.08. The highest BCUT2D eigenvalue weighted by molar-refractivity contribution is 6.03. The quantitative estimate of drug-likeness (QED) is 0.685. The Morgan fingerprint density at radius 3 is 2.44 bits per heavy atom. The van der Waals surface area contributed by atoms with Crippen molar-refractivity contribution in [3.05, 3.63) is 66.4 Å². The number of aromatic nitrogens is 1. The molecule has 3 rings (SSSR count). The van der Waals surface area contributed by atoms with Gasteiger partial charge in [-0.15, -0.1) is 0 Å². The molecule has 3 aromatic rings. The minimum absolute atomic E-state index is 0.0627. The number of nitrogens with one attached hydrogen (secondary N) is 1. The minimum atomic E-state index is -0.104. The highest BCUT2D eigenvalue weighted by Gasteiger charge is 2.17. The number of hydrogen-bond acceptors (Lipinski definition) is 2. The van der Waals surface area contributed by atoms with Crippen LogP contribution in [-0.2, 0) is 11.3 Å². The fraction of sp³-hybridized carbons (Fsp3) is 0.273. The molecular weight excluding hydrogens is 338 g/mol. The summed E-state index contributed by atoms with van der Waals surface area (Å²) in [5.74, 6) is -0.167. The van der Waals surface area contributed by atoms with Crippen LogP contribution >= 0.6 is 0 Å². The average Bonchev–Trinajstić information content (AvgIpc) is 3.11. The highest BCUT2D eigenvalue weighted by Crippen LogP contribution is 2.19. The number of hydrogen-bond donors (Lipinski definition) is 1. The second-order valence-corrected chi connectivity index (χ2v) is 6.39. The Balaban J connectivity index is 1.68. The van der Waals surface area contributed by atoms with Crippen molar-refractivity contribution in [3.8, 4) is 0 Å². The third-order valence-corrected chi connectivity index (χ3v) is 4.74. The fourth-order valence-electron chi connectivity index (χ4n) is 3.23. The molecule has 0 radical (unpaired) electrons. The van der Waals surface area contributed by atoms with E-state index >= 15 is 0 Å². The highest BCUT2D eigenvalue weighted by atomic mass is 16.2. The van der Waals surface area contributed by atoms with Gasteiger partial charge in [0.05, 0.1) is 11.3 Å². The average molecular weight is 363 g/mol. The third-order valence-electron chi connectivity index (χ3n) is 4.74. The number of nitrogens with zero attached hydrogens (tertiary/aromatic N) is 2. The molecule has 0 saturated carbocycles. The Bertz CT molecular complexity index is 941. The summed E-state index contributed by atoms with van der Waals surface area (Å²) in [5.41, 5.74) is 2.21. The van der Waals surface area contributed by atoms with Gasteiger partial charge in [-0.3, -0.25) is 9.59 Å². The zero-order chi connectivity index (χ0) is 19.2. The van der Waals surface area contributed by atoms with E-state index in [1.807, 2.05) is 56.4 Å². The Kier molecular flexibility index (Phi) is 5.91. The Labute approximate surface area is 159 Å². The van der Waals surface area contributed by atoms with Gasteiger partial charge in [0.15, 0.2) is 0 Å². The summed E-state index contributed by atoms with van der Waals surface area (Å²) in [4.78, 5) is 26.9. The van der Waals surface area contributed by atoms with E-state index < -0.39 is 0 Å². The van der Waals surface area contributed by atoms with E-state index in [1.54, 1.807) is 17.0 Å². The maximum atomic E-state index is 12.7. The first-order valence-electron chi connectivity index (χ1n) is 9.36. The lowest BCUT2D eigenvalue weighted by Crippen LogP contribution is -2.31. The van der Waals surface area contributed by atoms with Crippen LogP contribution in [0.15, 0.2) is 60.8 Å². The summed E-state index contributed by atoms with van der Waals surface area (Å²) >= 11 is 0. The molecule has 140 valence electrons. The number of carbonyl (C=O) groups excluding carboxylic acids is 2. The zero-order valence-electron chi connectivity index (χ0n) is 15.8. The zero-order valence-corrected chi connectivity index (χ0v) is 15.8. The number of fused-ring (bicyclic) bond motifs is 1. The van der Waals surface area contributed by atoms with E-state index in [1.165, 1.54) is 0 Å². The largest absolute Gasteiger partial charge is 0.347 e. The van der Waals surface area contributed by atoms with E-state index in [2.05, 4.69) is 16.0 Å². The molecule has 0 spiro atoms. The lowest BCUT2D eigenvalue weighted by molar-refractivity contribution is -0.116. The number of aryl methyl sites for hydroxylation is 1. The molecule has 0 unspecified atom stereocenters. The van der Waals surface area contributed by atoms with E-state index in [4.69, 9.17) is 0 Å². The van der Waals surface area contributed by atoms with Crippen molar-refractivity contribution in [1.29, 1.82) is 0 Å². The second kappa shape index (κ2) is 8.54. The van der Waals surface area contributed by atoms with Gasteiger partial charge in [0, 0.05) is 37.8 Å². The standard InChI is InChI=1S/C22H25N3O2/c1-3-24(4-2)22(27)18-10-6-7-11-19(18)23-21(26)14-16-25-15-13-17-9-5-8-12-20(17)25/h5-13,15H,3-4,14,16H2,1-2H3,(H,23,26). The van der Waals surface area contributed by atoms with E-state index in [-0.39, 0.29) is 11.8 Å². The lowest BCUT2D eigenvalue weighted by Gasteiger charge is -2.20. The molecule has 5 heteroatoms. The van der Waals surface area contributed by atoms with Crippen molar-refractivity contribution in [1.82, 2.24) is 9.47 Å². The predicted octanol–water partition coefficient (Wildman–Crippen LogP) is 4.15. The van der Waals surface area contributed by atoms with Crippen LogP contribution in [0.2, 0.25) is 0 Å². The van der Waals surface area contributed by atoms with Gasteiger partial charge in [-0.25, -0.2) is 0 Å². The maximum absolute atomic E-state index is 12.7. The summed E-state index contributed by atoms with van der Waals surface area (Å²) in [7, 11) is 0. The predicted molar refractivity (Wildman–Crippen MR) is 109 cm³/mol. The Morgan fingerprint density at radius 2 is 1.67 bits per heavy atom. The number of para-hydroxylation sites is 2. The maximum Gasteiger partial charge on any atom is 0.255 e. The van der Waals surface area contributed by atoms with Crippen molar-refractivity contribution in [3.63, 3.8) is 0 Å². The number of amides is 2. The molecule has 0 fully saturated rings. The summed E-state index contributed by atoms with van der Waals surface area (Å²) < 4.78 is 2.07. The van der Waals surface area contributed by atoms with Crippen molar-refractivity contribution in [2.75, 3.05) is 18.4 Å². The minimum Gasteiger partial charge on any atom is -0.347 e. The van der Waals surface area contributed by atoms with Gasteiger partial charge >= 0.3 is 0 Å². The van der Waals surface area contributed by atoms with Crippen LogP contribution in [0, 0.1) is 0 Å². The van der Waals surface area contributed by atoms with Gasteiger partial charge in [-0.05, 0) is 43.5 Å². The lowest BCUT2D eigenvalue weighted by atomic mass is 10.1. The molecule has 27 heavy (non-hydrogen) atoms. The van der Waals surface area contributed by atoms with Gasteiger partial charge in [0.1, 0.15) is 0 Å². The van der Waals surface area contributed by atoms with Gasteiger partial charge in [0.2, 0.25) is 5.91 Å². The van der Waals surface area contributed by atoms with Crippen molar-refractivity contribution in [2.24, 2.45) is 0 Å². The van der Waals surface area contributed by atoms with Crippen molar-refractivity contribution < 1.29 is 9.59 Å². The summed E-state index contributed by atoms with van der Waals surface area (Å²) in [6.45, 7) is 5.76. The number of rotatable bonds is 7. The van der Waals surface area contributed by atoms with Gasteiger partial charge < -0.3 is 14.8 Å². The van der Waals surface area contributed by atoms with Gasteiger partial charge in [-0.2, -0.15) is 0 Å². The monoisotopic (exact) mass is 363 g/mol. The fourth-order valence-corrected chi connectivity index (χ4v) is 3.23. The molecule has 0 atom stereocenters. The van der Waals surface area contributed by atoms with Crippen LogP contribution in [0.4, 0.5) is 5.69 Å². The summed E-state index contributed by atoms with van der Waals surface area (Å²) in [5, 5.41) is 4.07. The number of benzene rings is 2. The molecule has 5 nitrogen and oxygen atoms in total. The summed E-state index contributed by atoms with van der Waals surface area (Å²) in [6, 6.07) is 17.3. The molecule has 1 aromatic heterocycles. The molecule has 2 amide bonds. The van der Waals surface area contributed by atoms with Crippen molar-refractivity contribution >= 4 is 28.4 Å². The molecule has 0 saturated heterocycles. The number of carbonyl (C=O) groups is 2. The smallest absolute Gasteiger partial charge is 0.255 e. The molecular formula is C22H25N3O2. The van der Waals surface area contributed by atoms with E-state index in [0.717, 1.165) is 10.9 Å². The van der Waals surface area contributed by atoms with Gasteiger partial charge in [-0.1, -0.05) is 30.3 Å². The Morgan fingerprint density at radius 1 is 0.963 bits per heavy atom. The molecule has 0 aliphatic heterocycles. The van der Waals surface area contributed by atoms with Gasteiger partial charge in [0.25, 0.3) is 5.91 Å². The molecule has 1 heterocycles. The number of anilines is 1. The molecule has 2 aromatic carbocycles. The SMILES string of the molecule is CCN(CC)C(=O)c1ccccc1NC(=O)CCn1ccc2ccccc21. The normalized spacial score (nSPS) is 10.7. The van der Waals surface area contributed by atoms with E-state index in [9.17, 15) is 9.59 Å². The first-order chi connectivity index (χ1) is 13.1. The second-order valence-electron chi connectivity index (χ2n) is 6.39. The van der Waals surface area contributed by atoms with Crippen LogP contribution in [0.1, 0.15) is 30.6 Å². The van der Waals surface area contributed by atoms with Crippen molar-refractivity contribution in [2.45, 2.75) is 26.8 Å². The molecule has 0 aliphatic carbocycles. The van der Waals surface area contributed by atoms with Crippen LogP contribution in [-0.4, -0.2) is 34.4 Å². The molecule has 1 N–H and O–H groups in total. The van der Waals surface area contributed by atoms with Crippen LogP contribution in [0.5, 0.6) is 0 Å². The topological polar surface area (TPSA) is 54.3 Å². The first kappa shape index (κ1) is 18.7. The van der Waals surface area contributed by atoms with E-state index in [0.29, 0.717) is 37.3 Å². The summed E-state index contributed by atoms with van der Waals surface area (Å²) in [6.07, 6.45) is 2.34. The van der Waals surface area contributed by atoms with Crippen LogP contribution in [0.3, 0.4) is 0 Å². The van der Waals surface area contributed by atoms with Crippen LogP contribution < -0.4 is 5.32 Å². The molecule has 0 bridgehead atoms. The van der Waals surface area contributed by atoms with Crippen LogP contribution in [0.25, 0.3) is 10.9 Å². The third kappa shape index (κ3) is 4.19.